The molecular weight excluding hydrogens is 251 g/mol. The summed E-state index contributed by atoms with van der Waals surface area (Å²) in [7, 11) is 0. The summed E-state index contributed by atoms with van der Waals surface area (Å²) in [4.78, 5) is 12.8. The topological polar surface area (TPSA) is 32.9 Å². The van der Waals surface area contributed by atoms with E-state index in [1.165, 1.54) is 0 Å². The van der Waals surface area contributed by atoms with Crippen molar-refractivity contribution in [3.8, 4) is 0 Å². The lowest BCUT2D eigenvalue weighted by Crippen LogP contribution is -2.12. The van der Waals surface area contributed by atoms with Gasteiger partial charge in [0.2, 0.25) is 0 Å². The first kappa shape index (κ1) is 10.3. The largest absolute Gasteiger partial charge is 0.325 e. The van der Waals surface area contributed by atoms with Gasteiger partial charge in [0, 0.05) is 17.1 Å². The van der Waals surface area contributed by atoms with E-state index >= 15 is 0 Å². The van der Waals surface area contributed by atoms with E-state index in [-0.39, 0.29) is 11.0 Å². The Kier molecular flexibility index (Phi) is 3.13. The minimum Gasteiger partial charge on any atom is -0.325 e. The van der Waals surface area contributed by atoms with E-state index in [2.05, 4.69) is 20.9 Å². The molecule has 1 aromatic rings. The molecule has 0 atom stereocenters. The van der Waals surface area contributed by atoms with Crippen molar-refractivity contribution in [2.75, 3.05) is 0 Å². The number of rotatable bonds is 2. The van der Waals surface area contributed by atoms with E-state index in [9.17, 15) is 18.0 Å². The van der Waals surface area contributed by atoms with Gasteiger partial charge in [0.15, 0.2) is 0 Å². The van der Waals surface area contributed by atoms with E-state index in [1.807, 2.05) is 0 Å². The highest BCUT2D eigenvalue weighted by atomic mass is 79.9. The molecule has 0 amide bonds. The molecule has 6 heteroatoms. The Morgan fingerprint density at radius 1 is 1.54 bits per heavy atom. The molecule has 1 rings (SSSR count). The van der Waals surface area contributed by atoms with Gasteiger partial charge in [-0.15, -0.1) is 0 Å². The SMILES string of the molecule is O=c1cc(F)c(C(F)F)c(CBr)[nH]1. The summed E-state index contributed by atoms with van der Waals surface area (Å²) >= 11 is 2.87. The fourth-order valence-electron chi connectivity index (χ4n) is 0.930. The molecule has 2 nitrogen and oxygen atoms in total. The van der Waals surface area contributed by atoms with Crippen LogP contribution in [0, 0.1) is 5.82 Å². The Morgan fingerprint density at radius 3 is 2.62 bits per heavy atom. The number of alkyl halides is 3. The third kappa shape index (κ3) is 2.12. The molecule has 0 saturated carbocycles. The second-order valence-electron chi connectivity index (χ2n) is 2.31. The monoisotopic (exact) mass is 255 g/mol. The van der Waals surface area contributed by atoms with Crippen molar-refractivity contribution in [2.24, 2.45) is 0 Å². The first-order valence-electron chi connectivity index (χ1n) is 3.32. The molecule has 13 heavy (non-hydrogen) atoms. The van der Waals surface area contributed by atoms with Crippen LogP contribution in [0.3, 0.4) is 0 Å². The molecule has 0 aliphatic carbocycles. The summed E-state index contributed by atoms with van der Waals surface area (Å²) in [6.07, 6.45) is -2.93. The van der Waals surface area contributed by atoms with Crippen molar-refractivity contribution in [3.05, 3.63) is 33.5 Å². The molecule has 1 N–H and O–H groups in total. The van der Waals surface area contributed by atoms with Gasteiger partial charge < -0.3 is 4.98 Å². The van der Waals surface area contributed by atoms with Crippen LogP contribution < -0.4 is 5.56 Å². The first-order valence-corrected chi connectivity index (χ1v) is 4.44. The third-order valence-electron chi connectivity index (χ3n) is 1.47. The lowest BCUT2D eigenvalue weighted by atomic mass is 10.2. The highest BCUT2D eigenvalue weighted by molar-refractivity contribution is 9.08. The molecule has 0 spiro atoms. The van der Waals surface area contributed by atoms with Crippen LogP contribution in [-0.2, 0) is 5.33 Å². The van der Waals surface area contributed by atoms with Crippen molar-refractivity contribution in [1.29, 1.82) is 0 Å². The second-order valence-corrected chi connectivity index (χ2v) is 2.87. The number of nitrogens with one attached hydrogen (secondary N) is 1. The van der Waals surface area contributed by atoms with E-state index < -0.39 is 23.4 Å². The molecule has 0 aromatic carbocycles. The standard InChI is InChI=1S/C7H5BrF3NO/c8-2-4-6(7(10)11)3(9)1-5(13)12-4/h1,7H,2H2,(H,12,13). The zero-order valence-electron chi connectivity index (χ0n) is 6.28. The van der Waals surface area contributed by atoms with Gasteiger partial charge in [-0.25, -0.2) is 13.2 Å². The summed E-state index contributed by atoms with van der Waals surface area (Å²) in [6.45, 7) is 0. The Balaban J connectivity index is 3.38. The van der Waals surface area contributed by atoms with Crippen LogP contribution in [-0.4, -0.2) is 4.98 Å². The lowest BCUT2D eigenvalue weighted by molar-refractivity contribution is 0.144. The average molecular weight is 256 g/mol. The van der Waals surface area contributed by atoms with Gasteiger partial charge in [-0.05, 0) is 0 Å². The summed E-state index contributed by atoms with van der Waals surface area (Å²) in [5.41, 5.74) is -1.60. The molecule has 72 valence electrons. The van der Waals surface area contributed by atoms with Crippen LogP contribution in [0.1, 0.15) is 17.7 Å². The molecular formula is C7H5BrF3NO. The molecule has 0 aliphatic rings. The summed E-state index contributed by atoms with van der Waals surface area (Å²) in [6, 6.07) is 0.508. The minimum atomic E-state index is -2.93. The molecule has 0 aliphatic heterocycles. The van der Waals surface area contributed by atoms with E-state index in [0.717, 1.165) is 0 Å². The fraction of sp³-hybridized carbons (Fsp3) is 0.286. The molecule has 0 saturated heterocycles. The summed E-state index contributed by atoms with van der Waals surface area (Å²) < 4.78 is 37.3. The highest BCUT2D eigenvalue weighted by Crippen LogP contribution is 2.24. The normalized spacial score (nSPS) is 10.8. The highest BCUT2D eigenvalue weighted by Gasteiger charge is 2.18. The molecule has 1 heterocycles. The van der Waals surface area contributed by atoms with Gasteiger partial charge in [0.25, 0.3) is 12.0 Å². The zero-order chi connectivity index (χ0) is 10.0. The Labute approximate surface area is 79.9 Å². The van der Waals surface area contributed by atoms with E-state index in [1.54, 1.807) is 0 Å². The molecule has 0 unspecified atom stereocenters. The van der Waals surface area contributed by atoms with Crippen LogP contribution in [0.4, 0.5) is 13.2 Å². The van der Waals surface area contributed by atoms with Crippen molar-refractivity contribution < 1.29 is 13.2 Å². The Hall–Kier alpha value is -0.780. The number of H-pyrrole nitrogens is 1. The zero-order valence-corrected chi connectivity index (χ0v) is 7.87. The predicted molar refractivity (Wildman–Crippen MR) is 44.6 cm³/mol. The number of hydrogen-bond acceptors (Lipinski definition) is 1. The summed E-state index contributed by atoms with van der Waals surface area (Å²) in [5, 5.41) is -0.0142. The first-order chi connectivity index (χ1) is 6.06. The number of halogens is 4. The predicted octanol–water partition coefficient (Wildman–Crippen LogP) is 2.35. The number of aromatic nitrogens is 1. The smallest absolute Gasteiger partial charge is 0.268 e. The third-order valence-corrected chi connectivity index (χ3v) is 2.03. The van der Waals surface area contributed by atoms with E-state index in [0.29, 0.717) is 6.07 Å². The quantitative estimate of drug-likeness (QED) is 0.809. The van der Waals surface area contributed by atoms with Crippen LogP contribution in [0.5, 0.6) is 0 Å². The Morgan fingerprint density at radius 2 is 2.15 bits per heavy atom. The van der Waals surface area contributed by atoms with E-state index in [4.69, 9.17) is 0 Å². The van der Waals surface area contributed by atoms with Crippen molar-refractivity contribution in [2.45, 2.75) is 11.8 Å². The van der Waals surface area contributed by atoms with Crippen molar-refractivity contribution >= 4 is 15.9 Å². The average Bonchev–Trinajstić information content (AvgIpc) is 2.01. The molecule has 0 fully saturated rings. The van der Waals surface area contributed by atoms with Gasteiger partial charge in [0.1, 0.15) is 5.82 Å². The van der Waals surface area contributed by atoms with Crippen LogP contribution >= 0.6 is 15.9 Å². The maximum absolute atomic E-state index is 12.8. The van der Waals surface area contributed by atoms with Gasteiger partial charge in [-0.3, -0.25) is 4.79 Å². The maximum Gasteiger partial charge on any atom is 0.268 e. The fourth-order valence-corrected chi connectivity index (χ4v) is 1.37. The number of pyridine rings is 1. The van der Waals surface area contributed by atoms with Gasteiger partial charge in [-0.2, -0.15) is 0 Å². The second kappa shape index (κ2) is 3.95. The maximum atomic E-state index is 12.8. The van der Waals surface area contributed by atoms with Gasteiger partial charge in [-0.1, -0.05) is 15.9 Å². The van der Waals surface area contributed by atoms with Crippen LogP contribution in [0.15, 0.2) is 10.9 Å². The van der Waals surface area contributed by atoms with Crippen LogP contribution in [0.2, 0.25) is 0 Å². The minimum absolute atomic E-state index is 0.0142. The van der Waals surface area contributed by atoms with Gasteiger partial charge >= 0.3 is 0 Å². The van der Waals surface area contributed by atoms with Crippen molar-refractivity contribution in [1.82, 2.24) is 4.98 Å². The Bertz CT molecular complexity index is 363. The number of hydrogen-bond donors (Lipinski definition) is 1. The summed E-state index contributed by atoms with van der Waals surface area (Å²) in [5.74, 6) is -1.17. The van der Waals surface area contributed by atoms with Crippen LogP contribution in [0.25, 0.3) is 0 Å². The molecule has 1 aromatic heterocycles. The number of aromatic amines is 1. The molecule has 0 radical (unpaired) electrons. The van der Waals surface area contributed by atoms with Crippen molar-refractivity contribution in [3.63, 3.8) is 0 Å². The van der Waals surface area contributed by atoms with Gasteiger partial charge in [0.05, 0.1) is 5.56 Å². The molecule has 0 bridgehead atoms. The lowest BCUT2D eigenvalue weighted by Gasteiger charge is -2.05.